The number of imidazole rings is 1. The van der Waals surface area contributed by atoms with Crippen molar-refractivity contribution < 1.29 is 13.6 Å². The highest BCUT2D eigenvalue weighted by Crippen LogP contribution is 2.37. The van der Waals surface area contributed by atoms with Crippen LogP contribution in [0.15, 0.2) is 30.6 Å². The van der Waals surface area contributed by atoms with E-state index in [1.165, 1.54) is 16.5 Å². The molecular weight excluding hydrogens is 406 g/mol. The number of carbonyl (C=O) groups is 1. The Morgan fingerprint density at radius 3 is 2.63 bits per heavy atom. The third-order valence-corrected chi connectivity index (χ3v) is 6.11. The Morgan fingerprint density at radius 2 is 1.93 bits per heavy atom. The van der Waals surface area contributed by atoms with Crippen LogP contribution in [0.4, 0.5) is 14.5 Å². The molecule has 8 heteroatoms. The lowest BCUT2D eigenvalue weighted by Gasteiger charge is -2.41. The van der Waals surface area contributed by atoms with Crippen molar-refractivity contribution in [3.05, 3.63) is 57.7 Å². The fraction of sp³-hybridized carbons (Fsp3) is 0.364. The van der Waals surface area contributed by atoms with E-state index in [9.17, 15) is 13.6 Å². The largest absolute Gasteiger partial charge is 0.320 e. The zero-order valence-corrected chi connectivity index (χ0v) is 18.4. The number of thiophene rings is 1. The molecule has 0 saturated carbocycles. The summed E-state index contributed by atoms with van der Waals surface area (Å²) in [5, 5.41) is 6.14. The Kier molecular flexibility index (Phi) is 4.82. The lowest BCUT2D eigenvalue weighted by Crippen LogP contribution is -2.53. The molecule has 0 aromatic carbocycles. The van der Waals surface area contributed by atoms with Crippen molar-refractivity contribution in [3.8, 4) is 0 Å². The molecule has 158 valence electrons. The van der Waals surface area contributed by atoms with Crippen molar-refractivity contribution in [1.29, 1.82) is 0 Å². The summed E-state index contributed by atoms with van der Waals surface area (Å²) in [6.45, 7) is 10.1. The van der Waals surface area contributed by atoms with E-state index < -0.39 is 17.5 Å². The van der Waals surface area contributed by atoms with Crippen LogP contribution in [0.2, 0.25) is 0 Å². The number of aromatic nitrogens is 2. The number of amides is 1. The first-order valence-corrected chi connectivity index (χ1v) is 10.5. The van der Waals surface area contributed by atoms with Gasteiger partial charge in [0.15, 0.2) is 11.5 Å². The summed E-state index contributed by atoms with van der Waals surface area (Å²) in [4.78, 5) is 17.5. The molecule has 1 amide bonds. The molecule has 0 unspecified atom stereocenters. The van der Waals surface area contributed by atoms with Gasteiger partial charge in [-0.05, 0) is 52.7 Å². The van der Waals surface area contributed by atoms with Crippen molar-refractivity contribution in [1.82, 2.24) is 14.7 Å². The minimum atomic E-state index is -0.604. The summed E-state index contributed by atoms with van der Waals surface area (Å²) in [7, 11) is 0. The maximum absolute atomic E-state index is 14.7. The highest BCUT2D eigenvalue weighted by Gasteiger charge is 2.33. The summed E-state index contributed by atoms with van der Waals surface area (Å²) in [6.07, 6.45) is 6.02. The molecule has 1 aliphatic rings. The third-order valence-electron chi connectivity index (χ3n) is 4.92. The Morgan fingerprint density at radius 1 is 1.20 bits per heavy atom. The molecular formula is C22H24F2N4OS. The monoisotopic (exact) mass is 430 g/mol. The number of nitrogens with one attached hydrogen (secondary N) is 2. The van der Waals surface area contributed by atoms with E-state index in [4.69, 9.17) is 0 Å². The Hall–Kier alpha value is -2.58. The van der Waals surface area contributed by atoms with Gasteiger partial charge in [-0.25, -0.2) is 13.8 Å². The third kappa shape index (κ3) is 4.02. The Balaban J connectivity index is 1.62. The molecule has 4 rings (SSSR count). The van der Waals surface area contributed by atoms with Gasteiger partial charge in [-0.15, -0.1) is 11.3 Å². The van der Waals surface area contributed by atoms with E-state index in [0.29, 0.717) is 5.69 Å². The molecule has 0 atom stereocenters. The number of rotatable bonds is 3. The maximum atomic E-state index is 14.7. The fourth-order valence-corrected chi connectivity index (χ4v) is 5.14. The number of fused-ring (bicyclic) bond motifs is 1. The molecule has 4 heterocycles. The summed E-state index contributed by atoms with van der Waals surface area (Å²) in [5.74, 6) is -1.74. The Bertz CT molecular complexity index is 1190. The summed E-state index contributed by atoms with van der Waals surface area (Å²) < 4.78 is 30.4. The molecule has 3 aromatic rings. The molecule has 1 aliphatic heterocycles. The molecule has 30 heavy (non-hydrogen) atoms. The second-order valence-corrected chi connectivity index (χ2v) is 10.1. The van der Waals surface area contributed by atoms with Gasteiger partial charge in [0.1, 0.15) is 10.7 Å². The first-order valence-electron chi connectivity index (χ1n) is 9.69. The predicted molar refractivity (Wildman–Crippen MR) is 116 cm³/mol. The van der Waals surface area contributed by atoms with Gasteiger partial charge >= 0.3 is 0 Å². The van der Waals surface area contributed by atoms with E-state index >= 15 is 0 Å². The summed E-state index contributed by atoms with van der Waals surface area (Å²) in [6, 6.07) is 2.60. The van der Waals surface area contributed by atoms with Crippen LogP contribution < -0.4 is 10.6 Å². The first-order chi connectivity index (χ1) is 13.9. The number of aryl methyl sites for hydroxylation is 1. The molecule has 0 fully saturated rings. The molecule has 0 aliphatic carbocycles. The van der Waals surface area contributed by atoms with Crippen LogP contribution in [0.1, 0.15) is 54.4 Å². The number of hydrogen-bond acceptors (Lipinski definition) is 4. The van der Waals surface area contributed by atoms with Gasteiger partial charge in [0, 0.05) is 34.4 Å². The first kappa shape index (κ1) is 20.7. The highest BCUT2D eigenvalue weighted by molar-refractivity contribution is 7.15. The fourth-order valence-electron chi connectivity index (χ4n) is 4.19. The second-order valence-electron chi connectivity index (χ2n) is 9.01. The average molecular weight is 431 g/mol. The maximum Gasteiger partial charge on any atom is 0.268 e. The number of pyridine rings is 1. The van der Waals surface area contributed by atoms with Crippen LogP contribution in [-0.2, 0) is 0 Å². The number of hydrogen-bond donors (Lipinski definition) is 2. The van der Waals surface area contributed by atoms with Crippen molar-refractivity contribution in [2.24, 2.45) is 0 Å². The van der Waals surface area contributed by atoms with Crippen LogP contribution in [0, 0.1) is 18.6 Å². The van der Waals surface area contributed by atoms with Gasteiger partial charge in [0.2, 0.25) is 0 Å². The quantitative estimate of drug-likeness (QED) is 0.603. The van der Waals surface area contributed by atoms with Crippen LogP contribution in [0.3, 0.4) is 0 Å². The smallest absolute Gasteiger partial charge is 0.268 e. The van der Waals surface area contributed by atoms with E-state index in [1.54, 1.807) is 19.3 Å². The predicted octanol–water partition coefficient (Wildman–Crippen LogP) is 5.17. The SMILES string of the molecule is Cc1cn2cc(NC(=O)c3sc(C4=CC(C)(C)NC(C)(C)C4)cc3F)cc(F)c2n1. The van der Waals surface area contributed by atoms with Gasteiger partial charge in [-0.2, -0.15) is 0 Å². The van der Waals surface area contributed by atoms with Crippen LogP contribution in [0.5, 0.6) is 0 Å². The van der Waals surface area contributed by atoms with E-state index in [2.05, 4.69) is 49.4 Å². The van der Waals surface area contributed by atoms with Crippen molar-refractivity contribution >= 4 is 34.2 Å². The normalized spacial score (nSPS) is 17.8. The summed E-state index contributed by atoms with van der Waals surface area (Å²) in [5.41, 5.74) is 1.70. The molecule has 2 N–H and O–H groups in total. The second kappa shape index (κ2) is 6.99. The van der Waals surface area contributed by atoms with Crippen LogP contribution >= 0.6 is 11.3 Å². The average Bonchev–Trinajstić information content (AvgIpc) is 3.14. The summed E-state index contributed by atoms with van der Waals surface area (Å²) >= 11 is 1.11. The molecule has 0 saturated heterocycles. The van der Waals surface area contributed by atoms with Crippen LogP contribution in [0.25, 0.3) is 11.2 Å². The van der Waals surface area contributed by atoms with Crippen LogP contribution in [-0.4, -0.2) is 26.4 Å². The Labute approximate surface area is 177 Å². The topological polar surface area (TPSA) is 58.4 Å². The van der Waals surface area contributed by atoms with Gasteiger partial charge in [0.05, 0.1) is 11.4 Å². The zero-order valence-electron chi connectivity index (χ0n) is 17.6. The highest BCUT2D eigenvalue weighted by atomic mass is 32.1. The molecule has 3 aromatic heterocycles. The van der Waals surface area contributed by atoms with Gasteiger partial charge in [-0.1, -0.05) is 6.08 Å². The van der Waals surface area contributed by atoms with E-state index in [1.807, 2.05) is 0 Å². The van der Waals surface area contributed by atoms with Crippen molar-refractivity contribution in [2.45, 2.75) is 52.1 Å². The number of nitrogens with zero attached hydrogens (tertiary/aromatic N) is 2. The molecule has 0 spiro atoms. The molecule has 0 bridgehead atoms. The standard InChI is InChI=1S/C22H24F2N4OS/c1-12-10-28-11-14(6-16(24)19(28)25-12)26-20(29)18-15(23)7-17(30-18)13-8-21(2,3)27-22(4,5)9-13/h6-8,10-11,27H,9H2,1-5H3,(H,26,29). The van der Waals surface area contributed by atoms with E-state index in [-0.39, 0.29) is 27.3 Å². The van der Waals surface area contributed by atoms with Crippen molar-refractivity contribution in [2.75, 3.05) is 5.32 Å². The number of carbonyl (C=O) groups excluding carboxylic acids is 1. The lowest BCUT2D eigenvalue weighted by atomic mass is 9.83. The van der Waals surface area contributed by atoms with Gasteiger partial charge < -0.3 is 15.0 Å². The van der Waals surface area contributed by atoms with E-state index in [0.717, 1.165) is 28.2 Å². The molecule has 0 radical (unpaired) electrons. The minimum absolute atomic E-state index is 0.0256. The number of anilines is 1. The van der Waals surface area contributed by atoms with Gasteiger partial charge in [-0.3, -0.25) is 4.79 Å². The van der Waals surface area contributed by atoms with Crippen molar-refractivity contribution in [3.63, 3.8) is 0 Å². The molecule has 5 nitrogen and oxygen atoms in total. The van der Waals surface area contributed by atoms with Gasteiger partial charge in [0.25, 0.3) is 5.91 Å². The zero-order chi connectivity index (χ0) is 21.8. The lowest BCUT2D eigenvalue weighted by molar-refractivity contribution is 0.102. The number of halogens is 2. The minimum Gasteiger partial charge on any atom is -0.320 e.